The highest BCUT2D eigenvalue weighted by Crippen LogP contribution is 2.22. The Morgan fingerprint density at radius 3 is 1.86 bits per heavy atom. The van der Waals surface area contributed by atoms with Crippen LogP contribution in [0.4, 0.5) is 0 Å². The predicted octanol–water partition coefficient (Wildman–Crippen LogP) is -7.31. The summed E-state index contributed by atoms with van der Waals surface area (Å²) in [5.41, 5.74) is 20.8. The van der Waals surface area contributed by atoms with Crippen molar-refractivity contribution in [2.24, 2.45) is 22.9 Å². The van der Waals surface area contributed by atoms with Crippen molar-refractivity contribution in [1.29, 1.82) is 0 Å². The van der Waals surface area contributed by atoms with Crippen LogP contribution in [-0.2, 0) is 38.2 Å². The van der Waals surface area contributed by atoms with E-state index in [-0.39, 0.29) is 19.4 Å². The maximum Gasteiger partial charge on any atom is 0.326 e. The number of carboxylic acid groups (broad SMARTS) is 2. The normalized spacial score (nSPS) is 24.5. The Hall–Kier alpha value is -3.26. The molecule has 0 aromatic carbocycles. The molecular formula is C27H51N5O17. The molecule has 1 fully saturated rings. The van der Waals surface area contributed by atoms with E-state index in [1.165, 1.54) is 13.8 Å². The van der Waals surface area contributed by atoms with Crippen LogP contribution in [0.3, 0.4) is 0 Å². The number of ketones is 2. The highest BCUT2D eigenvalue weighted by Gasteiger charge is 2.44. The zero-order valence-corrected chi connectivity index (χ0v) is 27.5. The van der Waals surface area contributed by atoms with Gasteiger partial charge in [0.05, 0.1) is 31.4 Å². The van der Waals surface area contributed by atoms with Crippen molar-refractivity contribution in [2.45, 2.75) is 114 Å². The molecule has 22 heteroatoms. The van der Waals surface area contributed by atoms with E-state index in [9.17, 15) is 49.2 Å². The molecule has 0 aromatic rings. The van der Waals surface area contributed by atoms with Crippen LogP contribution >= 0.6 is 0 Å². The van der Waals surface area contributed by atoms with Crippen LogP contribution in [0, 0.1) is 0 Å². The highest BCUT2D eigenvalue weighted by molar-refractivity contribution is 6.38. The Bertz CT molecular complexity index is 1080. The minimum absolute atomic E-state index is 0.0422. The lowest BCUT2D eigenvalue weighted by molar-refractivity contribution is -0.263. The van der Waals surface area contributed by atoms with E-state index in [0.29, 0.717) is 0 Å². The van der Waals surface area contributed by atoms with Crippen LogP contribution in [0.5, 0.6) is 0 Å². The van der Waals surface area contributed by atoms with Gasteiger partial charge >= 0.3 is 11.9 Å². The van der Waals surface area contributed by atoms with Gasteiger partial charge in [-0.3, -0.25) is 24.0 Å². The number of primary amides is 1. The van der Waals surface area contributed by atoms with E-state index in [4.69, 9.17) is 57.9 Å². The molecule has 22 nitrogen and oxygen atoms in total. The number of Topliss-reactive ketones (excluding diaryl/α,β-unsaturated/α-hetero) is 2. The summed E-state index contributed by atoms with van der Waals surface area (Å²) in [6, 6.07) is -4.56. The number of hydrogen-bond acceptors (Lipinski definition) is 18. The largest absolute Gasteiger partial charge is 0.481 e. The summed E-state index contributed by atoms with van der Waals surface area (Å²) in [7, 11) is 0. The summed E-state index contributed by atoms with van der Waals surface area (Å²) in [5, 5.41) is 82.1. The number of amides is 2. The van der Waals surface area contributed by atoms with E-state index in [1.54, 1.807) is 6.92 Å². The topological polar surface area (TPSA) is 410 Å². The Balaban J connectivity index is 0. The molecule has 1 unspecified atom stereocenters. The molecule has 1 aliphatic heterocycles. The molecule has 0 radical (unpaired) electrons. The number of carbonyl (C=O) groups is 6. The Morgan fingerprint density at radius 2 is 1.47 bits per heavy atom. The van der Waals surface area contributed by atoms with Crippen molar-refractivity contribution in [1.82, 2.24) is 4.90 Å². The van der Waals surface area contributed by atoms with Crippen molar-refractivity contribution in [2.75, 3.05) is 19.8 Å². The van der Waals surface area contributed by atoms with E-state index in [2.05, 4.69) is 0 Å². The van der Waals surface area contributed by atoms with Crippen LogP contribution in [-0.4, -0.2) is 179 Å². The maximum absolute atomic E-state index is 11.6. The number of aliphatic hydroxyl groups is 7. The van der Waals surface area contributed by atoms with Crippen LogP contribution in [0.1, 0.15) is 40.5 Å². The maximum atomic E-state index is 11.6. The van der Waals surface area contributed by atoms with Gasteiger partial charge in [0.15, 0.2) is 12.1 Å². The van der Waals surface area contributed by atoms with E-state index < -0.39 is 122 Å². The van der Waals surface area contributed by atoms with Gasteiger partial charge in [-0.1, -0.05) is 0 Å². The Kier molecular flexibility index (Phi) is 22.7. The number of nitrogens with zero attached hydrogens (tertiary/aromatic N) is 1. The fourth-order valence-electron chi connectivity index (χ4n) is 3.91. The van der Waals surface area contributed by atoms with Crippen molar-refractivity contribution in [3.63, 3.8) is 0 Å². The molecule has 0 saturated carbocycles. The number of ether oxygens (including phenoxy) is 2. The molecular weight excluding hydrogens is 666 g/mol. The van der Waals surface area contributed by atoms with Gasteiger partial charge in [0, 0.05) is 26.8 Å². The van der Waals surface area contributed by atoms with Gasteiger partial charge in [-0.15, -0.1) is 0 Å². The van der Waals surface area contributed by atoms with Gasteiger partial charge in [-0.2, -0.15) is 0 Å². The third-order valence-electron chi connectivity index (χ3n) is 6.98. The fourth-order valence-corrected chi connectivity index (χ4v) is 3.91. The molecule has 49 heavy (non-hydrogen) atoms. The Labute approximate surface area is 281 Å². The monoisotopic (exact) mass is 717 g/mol. The average molecular weight is 718 g/mol. The summed E-state index contributed by atoms with van der Waals surface area (Å²) < 4.78 is 10.6. The zero-order chi connectivity index (χ0) is 38.9. The molecule has 0 spiro atoms. The van der Waals surface area contributed by atoms with E-state index >= 15 is 0 Å². The van der Waals surface area contributed by atoms with Gasteiger partial charge in [-0.25, -0.2) is 4.79 Å². The molecule has 1 saturated heterocycles. The second kappa shape index (κ2) is 23.2. The fraction of sp³-hybridized carbons (Fsp3) is 0.778. The Morgan fingerprint density at radius 1 is 0.939 bits per heavy atom. The van der Waals surface area contributed by atoms with Gasteiger partial charge in [-0.05, 0) is 20.3 Å². The number of carboxylic acids is 2. The van der Waals surface area contributed by atoms with Crippen LogP contribution in [0.2, 0.25) is 0 Å². The second-order valence-electron chi connectivity index (χ2n) is 11.0. The predicted molar refractivity (Wildman–Crippen MR) is 164 cm³/mol. The van der Waals surface area contributed by atoms with Crippen LogP contribution in [0.25, 0.3) is 0 Å². The average Bonchev–Trinajstić information content (AvgIpc) is 3.03. The van der Waals surface area contributed by atoms with Gasteiger partial charge in [0.1, 0.15) is 48.7 Å². The minimum atomic E-state index is -1.80. The first-order chi connectivity index (χ1) is 22.5. The molecule has 1 rings (SSSR count). The number of aliphatic carboxylic acids is 2. The van der Waals surface area contributed by atoms with Gasteiger partial charge in [0.2, 0.25) is 17.6 Å². The van der Waals surface area contributed by atoms with Crippen molar-refractivity contribution in [3.8, 4) is 0 Å². The van der Waals surface area contributed by atoms with Crippen molar-refractivity contribution < 1.29 is 84.2 Å². The number of aliphatic hydroxyl groups excluding tert-OH is 7. The SMILES string of the molecule is CC(=O)C(=O)[C@H](N)[C@@H](O)[C@H](O)[C@H](O)CO.CC(=O)N(CC(C)O[C@@H]1[C@@H](N)[C@@H](O)O[C@H](CO)[C@H]1O)[C@@H](C)C(=O)O.NC(=O)[C@H](N)CCC(=O)O. The lowest BCUT2D eigenvalue weighted by Crippen LogP contribution is -2.63. The van der Waals surface area contributed by atoms with Gasteiger partial charge in [0.25, 0.3) is 0 Å². The van der Waals surface area contributed by atoms with E-state index in [0.717, 1.165) is 11.8 Å². The molecule has 1 aliphatic rings. The minimum Gasteiger partial charge on any atom is -0.481 e. The second-order valence-corrected chi connectivity index (χ2v) is 11.0. The summed E-state index contributed by atoms with van der Waals surface area (Å²) >= 11 is 0. The lowest BCUT2D eigenvalue weighted by atomic mass is 9.97. The summed E-state index contributed by atoms with van der Waals surface area (Å²) in [4.78, 5) is 65.6. The zero-order valence-electron chi connectivity index (χ0n) is 27.5. The van der Waals surface area contributed by atoms with Gasteiger partial charge < -0.3 is 83.3 Å². The van der Waals surface area contributed by atoms with Crippen LogP contribution < -0.4 is 22.9 Å². The first-order valence-corrected chi connectivity index (χ1v) is 14.7. The molecule has 0 aromatic heterocycles. The smallest absolute Gasteiger partial charge is 0.326 e. The number of rotatable bonds is 17. The first-order valence-electron chi connectivity index (χ1n) is 14.7. The first kappa shape index (κ1) is 47.9. The molecule has 2 amide bonds. The number of nitrogens with two attached hydrogens (primary N) is 4. The summed E-state index contributed by atoms with van der Waals surface area (Å²) in [6.07, 6.45) is -10.7. The molecule has 0 aliphatic carbocycles. The quantitative estimate of drug-likeness (QED) is 0.0621. The van der Waals surface area contributed by atoms with E-state index in [1.807, 2.05) is 0 Å². The molecule has 0 bridgehead atoms. The lowest BCUT2D eigenvalue weighted by Gasteiger charge is -2.42. The molecule has 286 valence electrons. The highest BCUT2D eigenvalue weighted by atomic mass is 16.6. The number of hydrogen-bond donors (Lipinski definition) is 13. The molecule has 1 heterocycles. The summed E-state index contributed by atoms with van der Waals surface area (Å²) in [5.74, 6) is -5.14. The third kappa shape index (κ3) is 16.8. The third-order valence-corrected chi connectivity index (χ3v) is 6.98. The van der Waals surface area contributed by atoms with Crippen LogP contribution in [0.15, 0.2) is 0 Å². The molecule has 17 N–H and O–H groups in total. The van der Waals surface area contributed by atoms with Crippen molar-refractivity contribution >= 4 is 35.3 Å². The van der Waals surface area contributed by atoms with Crippen molar-refractivity contribution in [3.05, 3.63) is 0 Å². The summed E-state index contributed by atoms with van der Waals surface area (Å²) in [6.45, 7) is 3.81. The number of carbonyl (C=O) groups excluding carboxylic acids is 4. The molecule has 12 atom stereocenters. The standard InChI is InChI=1S/C14H26N2O8.C8H15NO6.C5H10N2O3/c1-6(4-16(8(3)18)7(2)13(20)21)23-12-10(15)14(22)24-9(5-17)11(12)19;1-3(11)6(13)5(9)8(15)7(14)4(12)2-10;6-3(5(7)10)1-2-4(8)9/h6-7,9-12,14,17,19,22H,4-5,15H2,1-3H3,(H,20,21);4-5,7-8,10,12,14-15H,2,9H2,1H3;3H,1-2,6H2,(H2,7,10)(H,8,9)/t6?,7-,9+,10+,11+,12+,14-;4-,5+,7-,8-;3-/m011/s1.